The molecule has 3 rings (SSSR count). The van der Waals surface area contributed by atoms with E-state index in [9.17, 15) is 26.4 Å². The first kappa shape index (κ1) is 21.6. The molecular weight excluding hydrogens is 419 g/mol. The van der Waals surface area contributed by atoms with Gasteiger partial charge in [-0.05, 0) is 37.3 Å². The van der Waals surface area contributed by atoms with Crippen molar-refractivity contribution in [1.82, 2.24) is 14.1 Å². The largest absolute Gasteiger partial charge is 0.435 e. The van der Waals surface area contributed by atoms with Gasteiger partial charge in [-0.3, -0.25) is 4.79 Å². The molecule has 1 heterocycles. The summed E-state index contributed by atoms with van der Waals surface area (Å²) < 4.78 is 66.3. The number of aromatic nitrogens is 2. The van der Waals surface area contributed by atoms with E-state index in [0.717, 1.165) is 30.3 Å². The Labute approximate surface area is 171 Å². The summed E-state index contributed by atoms with van der Waals surface area (Å²) >= 11 is 0. The Morgan fingerprint density at radius 2 is 1.60 bits per heavy atom. The highest BCUT2D eigenvalue weighted by Gasteiger charge is 2.35. The number of rotatable bonds is 4. The summed E-state index contributed by atoms with van der Waals surface area (Å²) in [4.78, 5) is 11.2. The maximum atomic E-state index is 13.3. The number of carbonyl (C=O) groups is 1. The van der Waals surface area contributed by atoms with E-state index in [1.54, 1.807) is 24.3 Å². The number of benzene rings is 2. The maximum absolute atomic E-state index is 13.3. The standard InChI is InChI=1S/C20H18F3N3O3S/c1-13-4-6-15(7-5-13)18-12-19(20(21,22)23)24-26(18)16-8-10-17(11-9-16)30(28,29)25(3)14(2)27/h4-12H,1-3H3. The Morgan fingerprint density at radius 3 is 2.10 bits per heavy atom. The minimum atomic E-state index is -4.64. The summed E-state index contributed by atoms with van der Waals surface area (Å²) in [7, 11) is -2.92. The molecule has 0 fully saturated rings. The number of carbonyl (C=O) groups excluding carboxylic acids is 1. The minimum absolute atomic E-state index is 0.163. The third-order valence-corrected chi connectivity index (χ3v) is 6.38. The van der Waals surface area contributed by atoms with Gasteiger partial charge in [0.05, 0.1) is 16.3 Å². The number of alkyl halides is 3. The topological polar surface area (TPSA) is 72.3 Å². The molecule has 0 bridgehead atoms. The van der Waals surface area contributed by atoms with Crippen molar-refractivity contribution in [3.8, 4) is 16.9 Å². The van der Waals surface area contributed by atoms with Gasteiger partial charge in [0.1, 0.15) is 0 Å². The fourth-order valence-electron chi connectivity index (χ4n) is 2.73. The van der Waals surface area contributed by atoms with E-state index in [2.05, 4.69) is 5.10 Å². The molecule has 0 saturated carbocycles. The Balaban J connectivity index is 2.10. The normalized spacial score (nSPS) is 12.1. The second-order valence-electron chi connectivity index (χ2n) is 6.68. The molecule has 1 aromatic heterocycles. The second-order valence-corrected chi connectivity index (χ2v) is 8.65. The fourth-order valence-corrected chi connectivity index (χ4v) is 3.87. The van der Waals surface area contributed by atoms with Gasteiger partial charge in [-0.1, -0.05) is 29.8 Å². The van der Waals surface area contributed by atoms with Crippen LogP contribution in [0.1, 0.15) is 18.2 Å². The van der Waals surface area contributed by atoms with Crippen molar-refractivity contribution >= 4 is 15.9 Å². The number of aryl methyl sites for hydroxylation is 1. The van der Waals surface area contributed by atoms with Gasteiger partial charge in [-0.15, -0.1) is 0 Å². The molecule has 0 aliphatic carbocycles. The quantitative estimate of drug-likeness (QED) is 0.618. The van der Waals surface area contributed by atoms with E-state index in [0.29, 0.717) is 9.87 Å². The number of hydrogen-bond acceptors (Lipinski definition) is 4. The zero-order valence-electron chi connectivity index (χ0n) is 16.3. The number of amides is 1. The molecular formula is C20H18F3N3O3S. The van der Waals surface area contributed by atoms with Crippen molar-refractivity contribution in [3.05, 3.63) is 65.9 Å². The van der Waals surface area contributed by atoms with E-state index < -0.39 is 27.8 Å². The first-order chi connectivity index (χ1) is 13.9. The molecule has 0 saturated heterocycles. The Morgan fingerprint density at radius 1 is 1.03 bits per heavy atom. The van der Waals surface area contributed by atoms with Crippen molar-refractivity contribution in [3.63, 3.8) is 0 Å². The summed E-state index contributed by atoms with van der Waals surface area (Å²) in [6, 6.07) is 13.0. The highest BCUT2D eigenvalue weighted by Crippen LogP contribution is 2.33. The summed E-state index contributed by atoms with van der Waals surface area (Å²) in [5.41, 5.74) is 0.858. The van der Waals surface area contributed by atoms with Crippen LogP contribution in [0.3, 0.4) is 0 Å². The minimum Gasteiger partial charge on any atom is -0.274 e. The zero-order chi connectivity index (χ0) is 22.3. The van der Waals surface area contributed by atoms with Crippen molar-refractivity contribution in [2.45, 2.75) is 24.9 Å². The monoisotopic (exact) mass is 437 g/mol. The van der Waals surface area contributed by atoms with E-state index in [1.165, 1.54) is 24.3 Å². The molecule has 0 aliphatic rings. The van der Waals surface area contributed by atoms with Gasteiger partial charge in [0.15, 0.2) is 5.69 Å². The molecule has 1 amide bonds. The van der Waals surface area contributed by atoms with Crippen LogP contribution in [0.4, 0.5) is 13.2 Å². The maximum Gasteiger partial charge on any atom is 0.435 e. The average Bonchev–Trinajstić information content (AvgIpc) is 3.14. The lowest BCUT2D eigenvalue weighted by Crippen LogP contribution is -2.31. The van der Waals surface area contributed by atoms with Gasteiger partial charge in [-0.2, -0.15) is 18.3 Å². The van der Waals surface area contributed by atoms with E-state index in [1.807, 2.05) is 6.92 Å². The lowest BCUT2D eigenvalue weighted by atomic mass is 10.1. The van der Waals surface area contributed by atoms with Gasteiger partial charge < -0.3 is 0 Å². The van der Waals surface area contributed by atoms with Gasteiger partial charge in [-0.25, -0.2) is 17.4 Å². The summed E-state index contributed by atoms with van der Waals surface area (Å²) in [5, 5.41) is 3.68. The van der Waals surface area contributed by atoms with Crippen molar-refractivity contribution < 1.29 is 26.4 Å². The molecule has 0 N–H and O–H groups in total. The van der Waals surface area contributed by atoms with Crippen LogP contribution < -0.4 is 0 Å². The average molecular weight is 437 g/mol. The summed E-state index contributed by atoms with van der Waals surface area (Å²) in [6.07, 6.45) is -4.64. The summed E-state index contributed by atoms with van der Waals surface area (Å²) in [5.74, 6) is -0.664. The third kappa shape index (κ3) is 4.09. The predicted octanol–water partition coefficient (Wildman–Crippen LogP) is 4.03. The second kappa shape index (κ2) is 7.60. The molecule has 0 spiro atoms. The SMILES string of the molecule is CC(=O)N(C)S(=O)(=O)c1ccc(-n2nc(C(F)(F)F)cc2-c2ccc(C)cc2)cc1. The molecule has 30 heavy (non-hydrogen) atoms. The third-order valence-electron chi connectivity index (χ3n) is 4.53. The molecule has 0 radical (unpaired) electrons. The van der Waals surface area contributed by atoms with Crippen LogP contribution in [0.5, 0.6) is 0 Å². The first-order valence-corrected chi connectivity index (χ1v) is 10.2. The molecule has 0 atom stereocenters. The van der Waals surface area contributed by atoms with Crippen LogP contribution in [-0.4, -0.2) is 35.5 Å². The van der Waals surface area contributed by atoms with Gasteiger partial charge in [0.2, 0.25) is 5.91 Å². The van der Waals surface area contributed by atoms with Crippen LogP contribution >= 0.6 is 0 Å². The van der Waals surface area contributed by atoms with Crippen LogP contribution in [-0.2, 0) is 21.0 Å². The van der Waals surface area contributed by atoms with E-state index in [-0.39, 0.29) is 16.3 Å². The van der Waals surface area contributed by atoms with Crippen LogP contribution in [0.25, 0.3) is 16.9 Å². The molecule has 10 heteroatoms. The van der Waals surface area contributed by atoms with E-state index >= 15 is 0 Å². The first-order valence-electron chi connectivity index (χ1n) is 8.75. The predicted molar refractivity (Wildman–Crippen MR) is 104 cm³/mol. The number of sulfonamides is 1. The zero-order valence-corrected chi connectivity index (χ0v) is 17.1. The Bertz CT molecular complexity index is 1180. The number of hydrogen-bond donors (Lipinski definition) is 0. The van der Waals surface area contributed by atoms with Crippen LogP contribution in [0.15, 0.2) is 59.5 Å². The van der Waals surface area contributed by atoms with Gasteiger partial charge >= 0.3 is 6.18 Å². The van der Waals surface area contributed by atoms with Crippen molar-refractivity contribution in [2.75, 3.05) is 7.05 Å². The number of nitrogens with zero attached hydrogens (tertiary/aromatic N) is 3. The lowest BCUT2D eigenvalue weighted by Gasteiger charge is -2.16. The van der Waals surface area contributed by atoms with E-state index in [4.69, 9.17) is 0 Å². The highest BCUT2D eigenvalue weighted by atomic mass is 32.2. The van der Waals surface area contributed by atoms with Crippen molar-refractivity contribution in [1.29, 1.82) is 0 Å². The highest BCUT2D eigenvalue weighted by molar-refractivity contribution is 7.89. The molecule has 6 nitrogen and oxygen atoms in total. The Kier molecular flexibility index (Phi) is 5.46. The molecule has 0 aliphatic heterocycles. The smallest absolute Gasteiger partial charge is 0.274 e. The van der Waals surface area contributed by atoms with Crippen LogP contribution in [0.2, 0.25) is 0 Å². The molecule has 2 aromatic carbocycles. The fraction of sp³-hybridized carbons (Fsp3) is 0.200. The van der Waals surface area contributed by atoms with Gasteiger partial charge in [0.25, 0.3) is 10.0 Å². The molecule has 158 valence electrons. The van der Waals surface area contributed by atoms with Crippen LogP contribution in [0, 0.1) is 6.92 Å². The summed E-state index contributed by atoms with van der Waals surface area (Å²) in [6.45, 7) is 2.97. The number of halogens is 3. The lowest BCUT2D eigenvalue weighted by molar-refractivity contribution is -0.141. The van der Waals surface area contributed by atoms with Gasteiger partial charge in [0, 0.05) is 19.5 Å². The van der Waals surface area contributed by atoms with Crippen molar-refractivity contribution in [2.24, 2.45) is 0 Å². The Hall–Kier alpha value is -3.14. The molecule has 0 unspecified atom stereocenters. The molecule has 3 aromatic rings.